The van der Waals surface area contributed by atoms with Gasteiger partial charge in [0.05, 0.1) is 6.20 Å². The number of nitrogens with zero attached hydrogens (tertiary/aromatic N) is 2. The third-order valence-electron chi connectivity index (χ3n) is 9.49. The first-order valence-electron chi connectivity index (χ1n) is 17.3. The van der Waals surface area contributed by atoms with Crippen LogP contribution in [0.4, 0.5) is 87.8 Å². The standard InChI is InChI=1S/C24BF20.C15H12N2O5/c26-5-1(6(27)14(35)21(42)13(5)34)25(2-7(28)15(36)22(43)16(37)8(2)29,3-9(30)17(38)23(44)18(39)10(3)31)4-11(32)19(40)24(45)20(41)12(4)33;18-13(11-4-2-1-3-5-11)9-17-7-6-16-8-12(17)15(21)22-10-14(19)20/h;1-8H,9-10H2/q-1;/p+1. The van der Waals surface area contributed by atoms with Crippen molar-refractivity contribution >= 4 is 45.7 Å². The molecule has 6 rings (SSSR count). The summed E-state index contributed by atoms with van der Waals surface area (Å²) >= 11 is 0. The van der Waals surface area contributed by atoms with Crippen LogP contribution in [0.15, 0.2) is 48.9 Å². The van der Waals surface area contributed by atoms with Crippen molar-refractivity contribution in [1.29, 1.82) is 0 Å². The van der Waals surface area contributed by atoms with E-state index in [1.807, 2.05) is 0 Å². The molecule has 0 unspecified atom stereocenters. The fourth-order valence-corrected chi connectivity index (χ4v) is 6.64. The van der Waals surface area contributed by atoms with Crippen LogP contribution in [0.25, 0.3) is 0 Å². The number of esters is 1. The molecule has 1 heterocycles. The molecule has 6 aromatic rings. The number of aliphatic carboxylic acids is 1. The Hall–Kier alpha value is -7.55. The van der Waals surface area contributed by atoms with Crippen LogP contribution in [0.2, 0.25) is 0 Å². The summed E-state index contributed by atoms with van der Waals surface area (Å²) < 4.78 is 300. The van der Waals surface area contributed by atoms with E-state index in [-0.39, 0.29) is 18.0 Å². The number of carbonyl (C=O) groups excluding carboxylic acids is 2. The highest BCUT2D eigenvalue weighted by molar-refractivity contribution is 7.20. The zero-order valence-corrected chi connectivity index (χ0v) is 31.6. The SMILES string of the molecule is Fc1c(F)c(F)c([B-](c2c(F)c(F)c(F)c(F)c2F)(c2c(F)c(F)c(F)c(F)c2F)c2c(F)c(F)c(F)c(F)c2F)c(F)c1F.O=C(O)COC(=O)c1cncc[n+]1CC(=O)c1ccccc1. The van der Waals surface area contributed by atoms with E-state index in [4.69, 9.17) is 5.11 Å². The number of ether oxygens (including phenoxy) is 1. The second-order valence-corrected chi connectivity index (χ2v) is 13.1. The van der Waals surface area contributed by atoms with E-state index in [9.17, 15) is 67.1 Å². The average Bonchev–Trinajstić information content (AvgIpc) is 3.31. The Morgan fingerprint density at radius 2 is 0.776 bits per heavy atom. The molecule has 0 aliphatic carbocycles. The molecule has 28 heteroatoms. The Kier molecular flexibility index (Phi) is 14.4. The number of aromatic nitrogens is 2. The maximum Gasteiger partial charge on any atom is 0.405 e. The van der Waals surface area contributed by atoms with Gasteiger partial charge in [0.25, 0.3) is 0 Å². The Balaban J connectivity index is 0.000000319. The molecule has 0 saturated carbocycles. The third kappa shape index (κ3) is 8.45. The molecular formula is C39H13BF20N2O5. The van der Waals surface area contributed by atoms with Gasteiger partial charge in [-0.05, 0) is 0 Å². The molecule has 0 aliphatic heterocycles. The van der Waals surface area contributed by atoms with Gasteiger partial charge in [0.2, 0.25) is 12.3 Å². The highest BCUT2D eigenvalue weighted by Crippen LogP contribution is 2.30. The van der Waals surface area contributed by atoms with Gasteiger partial charge < -0.3 is 9.84 Å². The van der Waals surface area contributed by atoms with Crippen LogP contribution in [0.3, 0.4) is 0 Å². The van der Waals surface area contributed by atoms with E-state index < -0.39 is 163 Å². The number of benzene rings is 5. The molecule has 0 aliphatic rings. The number of ketones is 1. The lowest BCUT2D eigenvalue weighted by Gasteiger charge is -2.44. The first kappa shape index (κ1) is 50.5. The molecule has 0 atom stereocenters. The monoisotopic (exact) mass is 980 g/mol. The predicted molar refractivity (Wildman–Crippen MR) is 182 cm³/mol. The van der Waals surface area contributed by atoms with Gasteiger partial charge in [-0.3, -0.25) is 9.78 Å². The Morgan fingerprint density at radius 3 is 1.07 bits per heavy atom. The number of hydrogen-bond acceptors (Lipinski definition) is 5. The number of carboxylic acid groups (broad SMARTS) is 1. The van der Waals surface area contributed by atoms with Gasteiger partial charge in [-0.1, -0.05) is 30.3 Å². The van der Waals surface area contributed by atoms with E-state index in [2.05, 4.69) is 9.72 Å². The van der Waals surface area contributed by atoms with Crippen LogP contribution in [0.5, 0.6) is 0 Å². The van der Waals surface area contributed by atoms with Crippen LogP contribution >= 0.6 is 0 Å². The molecule has 67 heavy (non-hydrogen) atoms. The first-order chi connectivity index (χ1) is 31.3. The Labute approximate surface area is 357 Å². The molecule has 5 aromatic carbocycles. The van der Waals surface area contributed by atoms with Crippen molar-refractivity contribution in [3.05, 3.63) is 177 Å². The maximum absolute atomic E-state index is 15.4. The average molecular weight is 980 g/mol. The zero-order chi connectivity index (χ0) is 50.3. The number of Topliss-reactive ketones (excluding diaryl/α,β-unsaturated/α-hetero) is 1. The van der Waals surface area contributed by atoms with Crippen LogP contribution < -0.4 is 26.4 Å². The summed E-state index contributed by atoms with van der Waals surface area (Å²) in [4.78, 5) is 38.2. The second-order valence-electron chi connectivity index (χ2n) is 13.1. The summed E-state index contributed by atoms with van der Waals surface area (Å²) in [5.41, 5.74) is -13.8. The number of carboxylic acids is 1. The minimum atomic E-state index is -7.22. The molecule has 0 saturated heterocycles. The van der Waals surface area contributed by atoms with Gasteiger partial charge in [0.15, 0.2) is 82.6 Å². The molecule has 0 bridgehead atoms. The van der Waals surface area contributed by atoms with Crippen LogP contribution in [-0.4, -0.2) is 40.6 Å². The van der Waals surface area contributed by atoms with Crippen molar-refractivity contribution in [2.75, 3.05) is 6.61 Å². The molecule has 0 amide bonds. The van der Waals surface area contributed by atoms with Gasteiger partial charge in [-0.15, -0.1) is 21.9 Å². The minimum absolute atomic E-state index is 0.00744. The van der Waals surface area contributed by atoms with Crippen molar-refractivity contribution in [3.8, 4) is 0 Å². The number of halogens is 20. The summed E-state index contributed by atoms with van der Waals surface area (Å²) in [6.45, 7) is -0.829. The highest BCUT2D eigenvalue weighted by Gasteiger charge is 2.52. The van der Waals surface area contributed by atoms with E-state index in [0.717, 1.165) is 0 Å². The topological polar surface area (TPSA) is 97.4 Å². The lowest BCUT2D eigenvalue weighted by molar-refractivity contribution is -0.686. The van der Waals surface area contributed by atoms with E-state index in [1.54, 1.807) is 30.3 Å². The molecule has 0 spiro atoms. The lowest BCUT2D eigenvalue weighted by atomic mass is 9.12. The molecule has 1 N–H and O–H groups in total. The van der Waals surface area contributed by atoms with Gasteiger partial charge >= 0.3 is 17.6 Å². The predicted octanol–water partition coefficient (Wildman–Crippen LogP) is 6.34. The van der Waals surface area contributed by atoms with E-state index in [1.165, 1.54) is 23.2 Å². The molecule has 1 aromatic heterocycles. The van der Waals surface area contributed by atoms with Crippen LogP contribution in [-0.2, 0) is 16.1 Å². The summed E-state index contributed by atoms with van der Waals surface area (Å²) in [7, 11) is 0. The first-order valence-corrected chi connectivity index (χ1v) is 17.3. The second kappa shape index (κ2) is 19.1. The summed E-state index contributed by atoms with van der Waals surface area (Å²) in [6.07, 6.45) is -3.11. The Bertz CT molecular complexity index is 2650. The van der Waals surface area contributed by atoms with Gasteiger partial charge in [-0.2, -0.15) is 4.57 Å². The molecule has 7 nitrogen and oxygen atoms in total. The van der Waals surface area contributed by atoms with Gasteiger partial charge in [0, 0.05) is 5.56 Å². The lowest BCUT2D eigenvalue weighted by Crippen LogP contribution is -2.81. The van der Waals surface area contributed by atoms with Crippen LogP contribution in [0, 0.1) is 116 Å². The van der Waals surface area contributed by atoms with Crippen molar-refractivity contribution < 1.29 is 117 Å². The van der Waals surface area contributed by atoms with Gasteiger partial charge in [0.1, 0.15) is 58.9 Å². The quantitative estimate of drug-likeness (QED) is 0.0328. The molecule has 352 valence electrons. The summed E-state index contributed by atoms with van der Waals surface area (Å²) in [6, 6.07) is 8.63. The van der Waals surface area contributed by atoms with Crippen molar-refractivity contribution in [2.45, 2.75) is 6.54 Å². The van der Waals surface area contributed by atoms with Crippen molar-refractivity contribution in [3.63, 3.8) is 0 Å². The minimum Gasteiger partial charge on any atom is -0.479 e. The largest absolute Gasteiger partial charge is 0.479 e. The fourth-order valence-electron chi connectivity index (χ4n) is 6.64. The van der Waals surface area contributed by atoms with Gasteiger partial charge in [-0.25, -0.2) is 97.4 Å². The highest BCUT2D eigenvalue weighted by atomic mass is 19.2. The fraction of sp³-hybridized carbons (Fsp3) is 0.0513. The number of carbonyl (C=O) groups is 3. The smallest absolute Gasteiger partial charge is 0.405 e. The molecule has 0 radical (unpaired) electrons. The third-order valence-corrected chi connectivity index (χ3v) is 9.49. The summed E-state index contributed by atoms with van der Waals surface area (Å²) in [5.74, 6) is -73.7. The van der Waals surface area contributed by atoms with Crippen LogP contribution in [0.1, 0.15) is 20.8 Å². The molecule has 0 fully saturated rings. The van der Waals surface area contributed by atoms with E-state index in [0.29, 0.717) is 5.56 Å². The number of hydrogen-bond donors (Lipinski definition) is 1. The maximum atomic E-state index is 15.4. The molecular weight excluding hydrogens is 967 g/mol. The zero-order valence-electron chi connectivity index (χ0n) is 31.6. The normalized spacial score (nSPS) is 11.3. The number of rotatable bonds is 10. The van der Waals surface area contributed by atoms with E-state index >= 15 is 35.1 Å². The van der Waals surface area contributed by atoms with Crippen molar-refractivity contribution in [1.82, 2.24) is 4.98 Å². The Morgan fingerprint density at radius 1 is 0.478 bits per heavy atom. The summed E-state index contributed by atoms with van der Waals surface area (Å²) in [5, 5.41) is 8.52. The van der Waals surface area contributed by atoms with Crippen molar-refractivity contribution in [2.24, 2.45) is 0 Å².